The van der Waals surface area contributed by atoms with Crippen LogP contribution in [-0.4, -0.2) is 18.0 Å². The zero-order valence-corrected chi connectivity index (χ0v) is 15.9. The number of aryl methyl sites for hydroxylation is 1. The molecule has 0 saturated carbocycles. The van der Waals surface area contributed by atoms with Crippen molar-refractivity contribution in [3.05, 3.63) is 46.2 Å². The Morgan fingerprint density at radius 3 is 2.81 bits per heavy atom. The number of fused-ring (bicyclic) bond motifs is 1. The minimum Gasteiger partial charge on any atom is -0.465 e. The van der Waals surface area contributed by atoms with Gasteiger partial charge in [-0.3, -0.25) is 4.79 Å². The molecule has 0 fully saturated rings. The molecular weight excluding hydrogens is 350 g/mol. The third-order valence-corrected chi connectivity index (χ3v) is 5.35. The number of amides is 1. The number of anilines is 1. The predicted molar refractivity (Wildman–Crippen MR) is 103 cm³/mol. The van der Waals surface area contributed by atoms with Gasteiger partial charge in [-0.1, -0.05) is 6.42 Å². The van der Waals surface area contributed by atoms with Crippen LogP contribution in [0.1, 0.15) is 59.7 Å². The van der Waals surface area contributed by atoms with E-state index in [-0.39, 0.29) is 18.0 Å². The van der Waals surface area contributed by atoms with Crippen LogP contribution in [-0.2, 0) is 22.4 Å². The van der Waals surface area contributed by atoms with Crippen LogP contribution in [0.4, 0.5) is 5.00 Å². The Kier molecular flexibility index (Phi) is 5.93. The number of thiophene rings is 1. The van der Waals surface area contributed by atoms with Gasteiger partial charge in [0.25, 0.3) is 0 Å². The van der Waals surface area contributed by atoms with E-state index in [1.165, 1.54) is 22.3 Å². The molecule has 2 aromatic heterocycles. The normalized spacial score (nSPS) is 14.3. The number of carbonyl (C=O) groups is 2. The fraction of sp³-hybridized carbons (Fsp3) is 0.400. The largest absolute Gasteiger partial charge is 0.465 e. The molecule has 0 atom stereocenters. The number of hydrogen-bond donors (Lipinski definition) is 1. The second-order valence-corrected chi connectivity index (χ2v) is 7.67. The number of hydrogen-bond acceptors (Lipinski definition) is 5. The van der Waals surface area contributed by atoms with Crippen molar-refractivity contribution in [1.82, 2.24) is 0 Å². The lowest BCUT2D eigenvalue weighted by atomic mass is 10.1. The summed E-state index contributed by atoms with van der Waals surface area (Å²) in [6.07, 6.45) is 9.47. The molecule has 6 heteroatoms. The first-order valence-corrected chi connectivity index (χ1v) is 9.74. The van der Waals surface area contributed by atoms with Crippen molar-refractivity contribution in [3.8, 4) is 0 Å². The Labute approximate surface area is 157 Å². The highest BCUT2D eigenvalue weighted by atomic mass is 32.1. The van der Waals surface area contributed by atoms with Crippen molar-refractivity contribution in [2.75, 3.05) is 5.32 Å². The molecule has 0 spiro atoms. The van der Waals surface area contributed by atoms with Crippen LogP contribution < -0.4 is 5.32 Å². The van der Waals surface area contributed by atoms with Gasteiger partial charge in [-0.05, 0) is 63.3 Å². The number of nitrogens with one attached hydrogen (secondary N) is 1. The highest BCUT2D eigenvalue weighted by Gasteiger charge is 2.26. The topological polar surface area (TPSA) is 68.5 Å². The third-order valence-electron chi connectivity index (χ3n) is 4.15. The van der Waals surface area contributed by atoms with Crippen molar-refractivity contribution in [2.45, 2.75) is 52.1 Å². The standard InChI is InChI=1S/C20H23NO4S/c1-13(2)25-20(23)18-15-8-4-3-5-9-16(15)26-19(18)21-17(22)11-10-14-7-6-12-24-14/h6-7,10-13H,3-5,8-9H2,1-2H3,(H,21,22). The monoisotopic (exact) mass is 373 g/mol. The zero-order valence-electron chi connectivity index (χ0n) is 15.0. The molecule has 1 aliphatic rings. The van der Waals surface area contributed by atoms with Crippen molar-refractivity contribution in [3.63, 3.8) is 0 Å². The van der Waals surface area contributed by atoms with E-state index >= 15 is 0 Å². The number of carbonyl (C=O) groups excluding carboxylic acids is 2. The maximum Gasteiger partial charge on any atom is 0.341 e. The summed E-state index contributed by atoms with van der Waals surface area (Å²) in [5.74, 6) is -0.0531. The molecule has 2 aromatic rings. The van der Waals surface area contributed by atoms with Crippen LogP contribution in [0, 0.1) is 0 Å². The van der Waals surface area contributed by atoms with E-state index in [0.717, 1.165) is 37.7 Å². The van der Waals surface area contributed by atoms with Gasteiger partial charge < -0.3 is 14.5 Å². The van der Waals surface area contributed by atoms with Crippen LogP contribution >= 0.6 is 11.3 Å². The second-order valence-electron chi connectivity index (χ2n) is 6.56. The highest BCUT2D eigenvalue weighted by molar-refractivity contribution is 7.17. The molecule has 0 unspecified atom stereocenters. The van der Waals surface area contributed by atoms with E-state index in [1.54, 1.807) is 24.5 Å². The van der Waals surface area contributed by atoms with Crippen LogP contribution in [0.2, 0.25) is 0 Å². The molecule has 0 aliphatic heterocycles. The van der Waals surface area contributed by atoms with Gasteiger partial charge >= 0.3 is 5.97 Å². The van der Waals surface area contributed by atoms with Crippen LogP contribution in [0.3, 0.4) is 0 Å². The summed E-state index contributed by atoms with van der Waals surface area (Å²) in [7, 11) is 0. The lowest BCUT2D eigenvalue weighted by Gasteiger charge is -2.11. The lowest BCUT2D eigenvalue weighted by Crippen LogP contribution is -2.16. The summed E-state index contributed by atoms with van der Waals surface area (Å²) in [5.41, 5.74) is 1.57. The Bertz CT molecular complexity index is 802. The smallest absolute Gasteiger partial charge is 0.341 e. The fourth-order valence-corrected chi connectivity index (χ4v) is 4.30. The fourth-order valence-electron chi connectivity index (χ4n) is 3.02. The van der Waals surface area contributed by atoms with Gasteiger partial charge in [0, 0.05) is 11.0 Å². The Morgan fingerprint density at radius 1 is 1.27 bits per heavy atom. The molecule has 5 nitrogen and oxygen atoms in total. The Hall–Kier alpha value is -2.34. The molecule has 0 radical (unpaired) electrons. The van der Waals surface area contributed by atoms with Gasteiger partial charge in [-0.15, -0.1) is 11.3 Å². The molecule has 1 N–H and O–H groups in total. The minimum atomic E-state index is -0.357. The SMILES string of the molecule is CC(C)OC(=O)c1c(NC(=O)C=Cc2ccco2)sc2c1CCCCC2. The quantitative estimate of drug-likeness (QED) is 0.463. The van der Waals surface area contributed by atoms with E-state index in [1.807, 2.05) is 13.8 Å². The third kappa shape index (κ3) is 4.43. The summed E-state index contributed by atoms with van der Waals surface area (Å²) in [6.45, 7) is 3.65. The van der Waals surface area contributed by atoms with Gasteiger partial charge in [-0.2, -0.15) is 0 Å². The molecular formula is C20H23NO4S. The first-order valence-electron chi connectivity index (χ1n) is 8.92. The second kappa shape index (κ2) is 8.36. The van der Waals surface area contributed by atoms with Gasteiger partial charge in [0.2, 0.25) is 5.91 Å². The molecule has 0 saturated heterocycles. The Balaban J connectivity index is 1.85. The van der Waals surface area contributed by atoms with Gasteiger partial charge in [0.1, 0.15) is 10.8 Å². The minimum absolute atomic E-state index is 0.203. The van der Waals surface area contributed by atoms with E-state index in [0.29, 0.717) is 16.3 Å². The van der Waals surface area contributed by atoms with Gasteiger partial charge in [-0.25, -0.2) is 4.79 Å². The van der Waals surface area contributed by atoms with Crippen LogP contribution in [0.25, 0.3) is 6.08 Å². The van der Waals surface area contributed by atoms with Crippen molar-refractivity contribution < 1.29 is 18.7 Å². The van der Waals surface area contributed by atoms with Gasteiger partial charge in [0.15, 0.2) is 0 Å². The average molecular weight is 373 g/mol. The number of esters is 1. The van der Waals surface area contributed by atoms with Crippen molar-refractivity contribution in [1.29, 1.82) is 0 Å². The molecule has 26 heavy (non-hydrogen) atoms. The summed E-state index contributed by atoms with van der Waals surface area (Å²) < 4.78 is 10.6. The predicted octanol–water partition coefficient (Wildman–Crippen LogP) is 4.83. The van der Waals surface area contributed by atoms with Crippen molar-refractivity contribution in [2.24, 2.45) is 0 Å². The van der Waals surface area contributed by atoms with E-state index < -0.39 is 0 Å². The summed E-state index contributed by atoms with van der Waals surface area (Å²) >= 11 is 1.49. The maximum absolute atomic E-state index is 12.6. The first-order chi connectivity index (χ1) is 12.5. The van der Waals surface area contributed by atoms with E-state index in [2.05, 4.69) is 5.32 Å². The zero-order chi connectivity index (χ0) is 18.5. The molecule has 3 rings (SSSR count). The molecule has 138 valence electrons. The maximum atomic E-state index is 12.6. The van der Waals surface area contributed by atoms with E-state index in [9.17, 15) is 9.59 Å². The van der Waals surface area contributed by atoms with Gasteiger partial charge in [0.05, 0.1) is 17.9 Å². The Morgan fingerprint density at radius 2 is 2.08 bits per heavy atom. The molecule has 2 heterocycles. The molecule has 1 aliphatic carbocycles. The van der Waals surface area contributed by atoms with Crippen LogP contribution in [0.15, 0.2) is 28.9 Å². The average Bonchev–Trinajstić information content (AvgIpc) is 3.15. The highest BCUT2D eigenvalue weighted by Crippen LogP contribution is 2.38. The van der Waals surface area contributed by atoms with Crippen molar-refractivity contribution >= 4 is 34.3 Å². The number of rotatable bonds is 5. The summed E-state index contributed by atoms with van der Waals surface area (Å²) in [4.78, 5) is 26.1. The molecule has 0 bridgehead atoms. The summed E-state index contributed by atoms with van der Waals surface area (Å²) in [5, 5.41) is 3.44. The lowest BCUT2D eigenvalue weighted by molar-refractivity contribution is -0.111. The van der Waals surface area contributed by atoms with Crippen LogP contribution in [0.5, 0.6) is 0 Å². The molecule has 1 amide bonds. The van der Waals surface area contributed by atoms with E-state index in [4.69, 9.17) is 9.15 Å². The first kappa shape index (κ1) is 18.5. The number of furan rings is 1. The number of ether oxygens (including phenoxy) is 1. The molecule has 0 aromatic carbocycles. The summed E-state index contributed by atoms with van der Waals surface area (Å²) in [6, 6.07) is 3.52.